The molecule has 27 heteroatoms. The van der Waals surface area contributed by atoms with Crippen molar-refractivity contribution in [2.24, 2.45) is 0 Å². The molecule has 0 fully saturated rings. The summed E-state index contributed by atoms with van der Waals surface area (Å²) in [6.07, 6.45) is 0. The third-order valence-electron chi connectivity index (χ3n) is 15.2. The summed E-state index contributed by atoms with van der Waals surface area (Å²) in [7, 11) is 0. The van der Waals surface area contributed by atoms with Crippen molar-refractivity contribution in [2.75, 3.05) is 28.7 Å². The molecule has 0 bridgehead atoms. The zero-order chi connectivity index (χ0) is 79.5. The average molecular weight is 1700 g/mol. The highest BCUT2D eigenvalue weighted by molar-refractivity contribution is 14.1. The quantitative estimate of drug-likeness (QED) is 0.0359. The number of benzene rings is 8. The number of nitriles is 4. The van der Waals surface area contributed by atoms with E-state index >= 15 is 0 Å². The molecular formula is C79H73Cl2F4I2N15O4. The Bertz CT molecular complexity index is 5490. The first-order valence-corrected chi connectivity index (χ1v) is 34.6. The highest BCUT2D eigenvalue weighted by Gasteiger charge is 2.22. The van der Waals surface area contributed by atoms with Crippen molar-refractivity contribution in [3.63, 3.8) is 0 Å². The number of aromatic nitrogens is 6. The summed E-state index contributed by atoms with van der Waals surface area (Å²) in [6, 6.07) is 39.1. The van der Waals surface area contributed by atoms with Gasteiger partial charge in [-0.2, -0.15) is 31.0 Å². The first-order chi connectivity index (χ1) is 49.7. The van der Waals surface area contributed by atoms with E-state index in [2.05, 4.69) is 58.9 Å². The van der Waals surface area contributed by atoms with Crippen LogP contribution in [0.2, 0.25) is 10.3 Å². The van der Waals surface area contributed by atoms with Gasteiger partial charge in [0, 0.05) is 34.7 Å². The number of aryl methyl sites for hydroxylation is 13. The van der Waals surface area contributed by atoms with Crippen molar-refractivity contribution < 1.29 is 36.2 Å². The molecular weight excluding hydrogens is 1620 g/mol. The maximum Gasteiger partial charge on any atom is 0.261 e. The molecule has 0 aliphatic heterocycles. The van der Waals surface area contributed by atoms with E-state index in [1.54, 1.807) is 76.2 Å². The fourth-order valence-electron chi connectivity index (χ4n) is 9.83. The van der Waals surface area contributed by atoms with Crippen molar-refractivity contribution in [2.45, 2.75) is 104 Å². The Balaban J connectivity index is 0.000000222. The van der Waals surface area contributed by atoms with Gasteiger partial charge in [-0.15, -0.1) is 0 Å². The largest absolute Gasteiger partial charge is 0.398 e. The van der Waals surface area contributed by atoms with Gasteiger partial charge >= 0.3 is 0 Å². The second kappa shape index (κ2) is 38.6. The van der Waals surface area contributed by atoms with E-state index in [-0.39, 0.29) is 61.6 Å². The number of anilines is 5. The third kappa shape index (κ3) is 23.0. The summed E-state index contributed by atoms with van der Waals surface area (Å²) in [5.41, 5.74) is 43.4. The van der Waals surface area contributed by atoms with Crippen LogP contribution in [-0.4, -0.2) is 41.8 Å². The number of carbonyl (C=O) groups is 2. The number of rotatable bonds is 4. The van der Waals surface area contributed by atoms with Crippen molar-refractivity contribution >= 4 is 130 Å². The van der Waals surface area contributed by atoms with Gasteiger partial charge in [0.05, 0.1) is 61.6 Å². The van der Waals surface area contributed by atoms with Crippen LogP contribution in [0.5, 0.6) is 0 Å². The molecule has 12 rings (SSSR count). The smallest absolute Gasteiger partial charge is 0.261 e. The highest BCUT2D eigenvalue weighted by atomic mass is 127. The number of nitrogens with zero attached hydrogens (tertiary/aromatic N) is 10. The molecule has 544 valence electrons. The Hall–Kier alpha value is -11.1. The van der Waals surface area contributed by atoms with Gasteiger partial charge in [0.25, 0.3) is 11.8 Å². The molecule has 8 aromatic carbocycles. The van der Waals surface area contributed by atoms with Gasteiger partial charge in [-0.25, -0.2) is 27.5 Å². The van der Waals surface area contributed by atoms with Crippen molar-refractivity contribution in [1.82, 2.24) is 30.2 Å². The molecule has 106 heavy (non-hydrogen) atoms. The minimum atomic E-state index is -0.528. The van der Waals surface area contributed by atoms with Crippen molar-refractivity contribution in [3.8, 4) is 47.2 Å². The number of pyridine rings is 2. The average Bonchev–Trinajstić information content (AvgIpc) is 1.18. The lowest BCUT2D eigenvalue weighted by Gasteiger charge is -2.10. The lowest BCUT2D eigenvalue weighted by atomic mass is 10.00. The van der Waals surface area contributed by atoms with E-state index in [1.165, 1.54) is 38.1 Å². The number of halogens is 8. The normalized spacial score (nSPS) is 10.1. The summed E-state index contributed by atoms with van der Waals surface area (Å²) in [6.45, 7) is 26.7. The van der Waals surface area contributed by atoms with Crippen LogP contribution in [0.15, 0.2) is 118 Å². The molecule has 0 saturated carbocycles. The van der Waals surface area contributed by atoms with E-state index in [9.17, 15) is 32.4 Å². The Morgan fingerprint density at radius 1 is 0.406 bits per heavy atom. The Labute approximate surface area is 648 Å². The van der Waals surface area contributed by atoms with Crippen LogP contribution in [0, 0.1) is 166 Å². The van der Waals surface area contributed by atoms with Crippen LogP contribution in [0.3, 0.4) is 0 Å². The van der Waals surface area contributed by atoms with Crippen LogP contribution in [0.25, 0.3) is 44.7 Å². The maximum absolute atomic E-state index is 14.0. The fraction of sp³-hybridized carbons (Fsp3) is 0.190. The number of carbonyl (C=O) groups excluding carboxylic acids is 2. The topological polar surface area (TPSA) is 363 Å². The Kier molecular flexibility index (Phi) is 31.2. The predicted octanol–water partition coefficient (Wildman–Crippen LogP) is 19.6. The minimum absolute atomic E-state index is 0.0619. The molecule has 12 aromatic rings. The van der Waals surface area contributed by atoms with Crippen LogP contribution >= 0.6 is 68.4 Å². The standard InChI is InChI=1S/C15H11ClN4O.C14H11ClFN3O.C10H10N2O.C9H10FNO.C8H9F.C8H7IN2.C8H8N2.C7H7FIN/c1-7-4-10(6-17)13-11(5-7)8(2)12(14(16)19-13)15-18-9(3)20-21-15;1-6-4-9-7(2)11(14-17-8(3)19-20-14)13(15)18-12(9)10(16)5-6;1-6-3-8(5-11)10(12)9(4-6)7(2)13;1-5-3-7(6(2)12)9(11)8(10)4-5;1-6-3-4-7(2)8(9)5-6;1-5-2-6(4-10)8(11)7(9)3-5;1-6-2-3-8(10)7(4-6)5-9;1-4-2-5(8)7(10)6(9)3-4/h4-5H,1-3H3;4-5H,1-3H3;3-4H,12H2,1-2H3;3-4H,11H2,1-2H3;3-5H,1-2H3;2-3H,11H2,1H3;2-4H,10H2,1H3;2-3H,10H2,1H3. The zero-order valence-corrected chi connectivity index (χ0v) is 66.2. The van der Waals surface area contributed by atoms with Crippen molar-refractivity contribution in [3.05, 3.63) is 256 Å². The maximum atomic E-state index is 14.0. The van der Waals surface area contributed by atoms with E-state index in [1.807, 2.05) is 140 Å². The molecule has 19 nitrogen and oxygen atoms in total. The summed E-state index contributed by atoms with van der Waals surface area (Å²) < 4.78 is 64.2. The van der Waals surface area contributed by atoms with E-state index < -0.39 is 11.6 Å². The van der Waals surface area contributed by atoms with Gasteiger partial charge in [-0.3, -0.25) is 9.59 Å². The first kappa shape index (κ1) is 85.6. The number of nitrogens with two attached hydrogens (primary N) is 5. The Morgan fingerprint density at radius 2 is 0.764 bits per heavy atom. The van der Waals surface area contributed by atoms with Gasteiger partial charge in [0.1, 0.15) is 63.4 Å². The highest BCUT2D eigenvalue weighted by Crippen LogP contribution is 2.37. The molecule has 10 N–H and O–H groups in total. The van der Waals surface area contributed by atoms with E-state index in [0.717, 1.165) is 62.6 Å². The molecule has 0 unspecified atom stereocenters. The van der Waals surface area contributed by atoms with Gasteiger partial charge in [-0.1, -0.05) is 51.7 Å². The molecule has 0 spiro atoms. The Morgan fingerprint density at radius 3 is 1.21 bits per heavy atom. The summed E-state index contributed by atoms with van der Waals surface area (Å²) in [5.74, 6) is -0.0232. The number of hydrogen-bond acceptors (Lipinski definition) is 19. The lowest BCUT2D eigenvalue weighted by Crippen LogP contribution is -2.02. The monoisotopic (exact) mass is 1700 g/mol. The number of fused-ring (bicyclic) bond motifs is 2. The number of ketones is 2. The summed E-state index contributed by atoms with van der Waals surface area (Å²) in [4.78, 5) is 38.9. The second-order valence-electron chi connectivity index (χ2n) is 24.2. The van der Waals surface area contributed by atoms with Crippen LogP contribution in [0.4, 0.5) is 46.0 Å². The van der Waals surface area contributed by atoms with Gasteiger partial charge in [0.2, 0.25) is 0 Å². The molecule has 4 heterocycles. The molecule has 4 aromatic heterocycles. The minimum Gasteiger partial charge on any atom is -0.398 e. The number of nitrogen functional groups attached to an aromatic ring is 5. The van der Waals surface area contributed by atoms with Crippen molar-refractivity contribution in [1.29, 1.82) is 21.0 Å². The third-order valence-corrected chi connectivity index (χ3v) is 17.5. The molecule has 0 radical (unpaired) electrons. The molecule has 0 aliphatic carbocycles. The summed E-state index contributed by atoms with van der Waals surface area (Å²) in [5, 5.41) is 44.6. The second-order valence-corrected chi connectivity index (χ2v) is 27.2. The van der Waals surface area contributed by atoms with Gasteiger partial charge < -0.3 is 37.7 Å². The van der Waals surface area contributed by atoms with Crippen LogP contribution in [-0.2, 0) is 0 Å². The molecule has 0 saturated heterocycles. The van der Waals surface area contributed by atoms with E-state index in [4.69, 9.17) is 76.7 Å². The summed E-state index contributed by atoms with van der Waals surface area (Å²) >= 11 is 16.6. The van der Waals surface area contributed by atoms with E-state index in [0.29, 0.717) is 95.8 Å². The fourth-order valence-corrected chi connectivity index (χ4v) is 12.0. The molecule has 0 aliphatic rings. The number of Topliss-reactive ketones (excluding diaryl/α,β-unsaturated/α-hetero) is 2. The lowest BCUT2D eigenvalue weighted by molar-refractivity contribution is 0.101. The SMILES string of the molecule is CC(=O)c1cc(C)cc(C#N)c1N.CC(=O)c1cc(C)cc(F)c1N.Cc1cc(C#N)c2nc(Cl)c(-c3nc(C)no3)c(C)c2c1.Cc1cc(F)c(N)c(I)c1.Cc1cc(F)c2nc(Cl)c(-c3nc(C)no3)c(C)c2c1.Cc1cc(I)c(N)c(C#N)c1.Cc1ccc(C)c(F)c1.Cc1ccc(N)c(C#N)c1. The van der Waals surface area contributed by atoms with Gasteiger partial charge in [-0.05, 0) is 301 Å². The molecule has 0 atom stereocenters. The molecule has 0 amide bonds. The predicted molar refractivity (Wildman–Crippen MR) is 427 cm³/mol. The van der Waals surface area contributed by atoms with Crippen LogP contribution < -0.4 is 28.7 Å². The first-order valence-electron chi connectivity index (χ1n) is 31.7. The zero-order valence-electron chi connectivity index (χ0n) is 60.4. The van der Waals surface area contributed by atoms with Gasteiger partial charge in [0.15, 0.2) is 23.2 Å². The van der Waals surface area contributed by atoms with Crippen LogP contribution in [0.1, 0.15) is 130 Å². The number of hydrogen-bond donors (Lipinski definition) is 5.